The average molecular weight is 386 g/mol. The van der Waals surface area contributed by atoms with Crippen LogP contribution in [0, 0.1) is 23.6 Å². The number of amides is 3. The van der Waals surface area contributed by atoms with E-state index in [1.807, 2.05) is 0 Å². The second-order valence-electron chi connectivity index (χ2n) is 7.95. The largest absolute Gasteiger partial charge is 0.368 e. The van der Waals surface area contributed by atoms with Crippen LogP contribution in [-0.2, 0) is 4.79 Å². The number of hydrogen-bond donors (Lipinski definition) is 2. The number of nitrogens with one attached hydrogen (secondary N) is 2. The molecule has 0 radical (unpaired) electrons. The van der Waals surface area contributed by atoms with Crippen LogP contribution >= 0.6 is 0 Å². The maximum absolute atomic E-state index is 13.0. The van der Waals surface area contributed by atoms with Crippen molar-refractivity contribution in [1.82, 2.24) is 15.5 Å². The topological polar surface area (TPSA) is 64.7 Å². The van der Waals surface area contributed by atoms with Crippen molar-refractivity contribution in [2.75, 3.05) is 44.2 Å². The number of halogens is 1. The van der Waals surface area contributed by atoms with Gasteiger partial charge in [-0.2, -0.15) is 0 Å². The van der Waals surface area contributed by atoms with E-state index in [1.54, 1.807) is 17.0 Å². The lowest BCUT2D eigenvalue weighted by atomic mass is 9.94. The molecule has 3 amide bonds. The minimum absolute atomic E-state index is 0.00760. The second-order valence-corrected chi connectivity index (χ2v) is 7.95. The van der Waals surface area contributed by atoms with E-state index >= 15 is 0 Å². The molecule has 0 aromatic heterocycles. The van der Waals surface area contributed by atoms with E-state index in [9.17, 15) is 14.0 Å². The molecule has 1 heterocycles. The SMILES string of the molecule is O=C(CNC(=O)N1CCN(c2ccc(F)cc2)CC1)NC[C@H]1C[C@H]2C=C[C@H]1C2. The Morgan fingerprint density at radius 1 is 1.00 bits per heavy atom. The van der Waals surface area contributed by atoms with E-state index in [1.165, 1.54) is 18.6 Å². The predicted molar refractivity (Wildman–Crippen MR) is 105 cm³/mol. The summed E-state index contributed by atoms with van der Waals surface area (Å²) < 4.78 is 13.0. The Hall–Kier alpha value is -2.57. The summed E-state index contributed by atoms with van der Waals surface area (Å²) in [6.45, 7) is 3.21. The van der Waals surface area contributed by atoms with E-state index in [4.69, 9.17) is 0 Å². The monoisotopic (exact) mass is 386 g/mol. The lowest BCUT2D eigenvalue weighted by Gasteiger charge is -2.36. The van der Waals surface area contributed by atoms with Gasteiger partial charge in [0.15, 0.2) is 0 Å². The third-order valence-electron chi connectivity index (χ3n) is 6.14. The average Bonchev–Trinajstić information content (AvgIpc) is 3.34. The minimum atomic E-state index is -0.253. The number of fused-ring (bicyclic) bond motifs is 2. The quantitative estimate of drug-likeness (QED) is 0.761. The van der Waals surface area contributed by atoms with Gasteiger partial charge in [-0.15, -0.1) is 0 Å². The molecule has 0 unspecified atom stereocenters. The van der Waals surface area contributed by atoms with Crippen LogP contribution in [0.1, 0.15) is 12.8 Å². The first-order valence-corrected chi connectivity index (χ1v) is 10.1. The van der Waals surface area contributed by atoms with Crippen molar-refractivity contribution in [2.45, 2.75) is 12.8 Å². The molecule has 1 saturated carbocycles. The Morgan fingerprint density at radius 2 is 1.75 bits per heavy atom. The number of allylic oxidation sites excluding steroid dienone is 2. The molecule has 2 bridgehead atoms. The van der Waals surface area contributed by atoms with Gasteiger partial charge in [-0.3, -0.25) is 4.79 Å². The fourth-order valence-electron chi connectivity index (χ4n) is 4.52. The van der Waals surface area contributed by atoms with Crippen LogP contribution in [0.25, 0.3) is 0 Å². The van der Waals surface area contributed by atoms with E-state index < -0.39 is 0 Å². The number of urea groups is 1. The maximum Gasteiger partial charge on any atom is 0.317 e. The van der Waals surface area contributed by atoms with E-state index in [0.717, 1.165) is 12.1 Å². The van der Waals surface area contributed by atoms with Gasteiger partial charge in [-0.1, -0.05) is 12.2 Å². The van der Waals surface area contributed by atoms with Crippen LogP contribution in [0.5, 0.6) is 0 Å². The first-order chi connectivity index (χ1) is 13.6. The van der Waals surface area contributed by atoms with Crippen LogP contribution in [0.15, 0.2) is 36.4 Å². The third kappa shape index (κ3) is 4.29. The zero-order valence-electron chi connectivity index (χ0n) is 15.9. The van der Waals surface area contributed by atoms with Crippen molar-refractivity contribution in [2.24, 2.45) is 17.8 Å². The molecule has 3 atom stereocenters. The summed E-state index contributed by atoms with van der Waals surface area (Å²) in [6.07, 6.45) is 6.95. The first kappa shape index (κ1) is 18.8. The summed E-state index contributed by atoms with van der Waals surface area (Å²) in [4.78, 5) is 28.2. The molecule has 2 N–H and O–H groups in total. The molecule has 1 aliphatic heterocycles. The van der Waals surface area contributed by atoms with Gasteiger partial charge >= 0.3 is 6.03 Å². The van der Waals surface area contributed by atoms with Crippen LogP contribution in [0.3, 0.4) is 0 Å². The molecule has 28 heavy (non-hydrogen) atoms. The van der Waals surface area contributed by atoms with Gasteiger partial charge in [0, 0.05) is 38.4 Å². The molecular formula is C21H27FN4O2. The fourth-order valence-corrected chi connectivity index (χ4v) is 4.52. The molecule has 2 fully saturated rings. The van der Waals surface area contributed by atoms with Gasteiger partial charge in [0.05, 0.1) is 6.54 Å². The fraction of sp³-hybridized carbons (Fsp3) is 0.524. The number of nitrogens with zero attached hydrogens (tertiary/aromatic N) is 2. The smallest absolute Gasteiger partial charge is 0.317 e. The number of anilines is 1. The Kier molecular flexibility index (Phi) is 5.50. The highest BCUT2D eigenvalue weighted by atomic mass is 19.1. The van der Waals surface area contributed by atoms with Crippen LogP contribution in [-0.4, -0.2) is 56.1 Å². The molecule has 150 valence electrons. The normalized spacial score (nSPS) is 25.8. The van der Waals surface area contributed by atoms with Crippen LogP contribution in [0.4, 0.5) is 14.9 Å². The summed E-state index contributed by atoms with van der Waals surface area (Å²) >= 11 is 0. The first-order valence-electron chi connectivity index (χ1n) is 10.1. The lowest BCUT2D eigenvalue weighted by Crippen LogP contribution is -2.53. The van der Waals surface area contributed by atoms with Crippen molar-refractivity contribution in [1.29, 1.82) is 0 Å². The Balaban J connectivity index is 1.15. The number of carbonyl (C=O) groups excluding carboxylic acids is 2. The molecule has 1 aromatic carbocycles. The van der Waals surface area contributed by atoms with E-state index in [0.29, 0.717) is 50.5 Å². The summed E-state index contributed by atoms with van der Waals surface area (Å²) in [5.41, 5.74) is 0.955. The summed E-state index contributed by atoms with van der Waals surface area (Å²) in [5.74, 6) is 1.45. The molecule has 0 spiro atoms. The molecule has 3 aliphatic rings. The van der Waals surface area contributed by atoms with Crippen molar-refractivity contribution >= 4 is 17.6 Å². The zero-order chi connectivity index (χ0) is 19.5. The zero-order valence-corrected chi connectivity index (χ0v) is 15.9. The van der Waals surface area contributed by atoms with Crippen molar-refractivity contribution < 1.29 is 14.0 Å². The molecule has 6 nitrogen and oxygen atoms in total. The summed E-state index contributed by atoms with van der Waals surface area (Å²) in [6, 6.07) is 6.18. The second kappa shape index (κ2) is 8.20. The molecule has 4 rings (SSSR count). The maximum atomic E-state index is 13.0. The number of carbonyl (C=O) groups is 2. The third-order valence-corrected chi connectivity index (χ3v) is 6.14. The van der Waals surface area contributed by atoms with Crippen molar-refractivity contribution in [3.63, 3.8) is 0 Å². The number of piperazine rings is 1. The Morgan fingerprint density at radius 3 is 2.39 bits per heavy atom. The van der Waals surface area contributed by atoms with Crippen molar-refractivity contribution in [3.05, 3.63) is 42.2 Å². The molecule has 1 aromatic rings. The number of rotatable bonds is 5. The predicted octanol–water partition coefficient (Wildman–Crippen LogP) is 1.99. The summed E-state index contributed by atoms with van der Waals surface area (Å²) in [5, 5.41) is 5.67. The van der Waals surface area contributed by atoms with Gasteiger partial charge in [-0.25, -0.2) is 9.18 Å². The van der Waals surface area contributed by atoms with Crippen LogP contribution in [0.2, 0.25) is 0 Å². The minimum Gasteiger partial charge on any atom is -0.368 e. The van der Waals surface area contributed by atoms with Gasteiger partial charge in [0.25, 0.3) is 0 Å². The Labute approximate surface area is 164 Å². The standard InChI is InChI=1S/C21H27FN4O2/c22-18-3-5-19(6-4-18)25-7-9-26(10-8-25)21(28)24-14-20(27)23-13-17-12-15-1-2-16(17)11-15/h1-6,15-17H,7-14H2,(H,23,27)(H,24,28)/t15-,16-,17+/m0/s1. The van der Waals surface area contributed by atoms with Gasteiger partial charge in [-0.05, 0) is 54.9 Å². The van der Waals surface area contributed by atoms with Gasteiger partial charge in [0.1, 0.15) is 5.82 Å². The number of benzene rings is 1. The molecule has 1 saturated heterocycles. The lowest BCUT2D eigenvalue weighted by molar-refractivity contribution is -0.120. The van der Waals surface area contributed by atoms with Gasteiger partial charge < -0.3 is 20.4 Å². The molecule has 2 aliphatic carbocycles. The highest BCUT2D eigenvalue weighted by Gasteiger charge is 2.35. The highest BCUT2D eigenvalue weighted by molar-refractivity contribution is 5.84. The van der Waals surface area contributed by atoms with E-state index in [2.05, 4.69) is 27.7 Å². The molecular weight excluding hydrogens is 359 g/mol. The van der Waals surface area contributed by atoms with E-state index in [-0.39, 0.29) is 24.3 Å². The number of hydrogen-bond acceptors (Lipinski definition) is 3. The van der Waals surface area contributed by atoms with Crippen molar-refractivity contribution in [3.8, 4) is 0 Å². The molecule has 7 heteroatoms. The summed E-state index contributed by atoms with van der Waals surface area (Å²) in [7, 11) is 0. The van der Waals surface area contributed by atoms with Crippen LogP contribution < -0.4 is 15.5 Å². The highest BCUT2D eigenvalue weighted by Crippen LogP contribution is 2.42. The van der Waals surface area contributed by atoms with Gasteiger partial charge in [0.2, 0.25) is 5.91 Å². The Bertz CT molecular complexity index is 743.